The number of aromatic amines is 1. The van der Waals surface area contributed by atoms with Crippen LogP contribution in [0.15, 0.2) is 6.07 Å². The fourth-order valence-corrected chi connectivity index (χ4v) is 3.04. The monoisotopic (exact) mass is 340 g/mol. The van der Waals surface area contributed by atoms with Crippen LogP contribution >= 0.6 is 12.2 Å². The molecule has 0 radical (unpaired) electrons. The number of pyridine rings is 2. The number of aliphatic hydroxyl groups excluding tert-OH is 3. The molecule has 1 fully saturated rings. The summed E-state index contributed by atoms with van der Waals surface area (Å²) in [6.07, 6.45) is -4.36. The summed E-state index contributed by atoms with van der Waals surface area (Å²) in [4.78, 5) is 7.12. The normalized spacial score (nSPS) is 27.7. The number of nitrogens with one attached hydrogen (secondary N) is 1. The lowest BCUT2D eigenvalue weighted by molar-refractivity contribution is -0.0229. The summed E-state index contributed by atoms with van der Waals surface area (Å²) in [6.45, 7) is 2.90. The molecule has 6 nitrogen and oxygen atoms in total. The number of aryl methyl sites for hydroxylation is 1. The summed E-state index contributed by atoms with van der Waals surface area (Å²) in [5.74, 6) is -0.424. The summed E-state index contributed by atoms with van der Waals surface area (Å²) in [7, 11) is 0. The van der Waals surface area contributed by atoms with E-state index in [0.717, 1.165) is 0 Å². The first-order valence-corrected chi connectivity index (χ1v) is 7.58. The van der Waals surface area contributed by atoms with Gasteiger partial charge in [-0.25, -0.2) is 9.37 Å². The van der Waals surface area contributed by atoms with E-state index in [1.807, 2.05) is 0 Å². The Morgan fingerprint density at radius 3 is 2.65 bits per heavy atom. The lowest BCUT2D eigenvalue weighted by Gasteiger charge is -2.16. The molecule has 1 aliphatic rings. The molecule has 0 amide bonds. The van der Waals surface area contributed by atoms with Crippen LogP contribution in [0.1, 0.15) is 22.9 Å². The van der Waals surface area contributed by atoms with Crippen molar-refractivity contribution in [1.82, 2.24) is 9.97 Å². The fourth-order valence-electron chi connectivity index (χ4n) is 2.77. The third-order valence-electron chi connectivity index (χ3n) is 4.29. The SMILES string of the molecule is Cc1nc2[nH]c(=S)c(C3OC(CO)C(O)C3O)cc2c(F)c1C. The smallest absolute Gasteiger partial charge is 0.141 e. The fraction of sp³-hybridized carbons (Fsp3) is 0.467. The Labute approximate surface area is 136 Å². The van der Waals surface area contributed by atoms with Gasteiger partial charge in [0, 0.05) is 16.8 Å². The zero-order chi connectivity index (χ0) is 16.9. The number of rotatable bonds is 2. The molecule has 0 bridgehead atoms. The Bertz CT molecular complexity index is 825. The summed E-state index contributed by atoms with van der Waals surface area (Å²) in [5.41, 5.74) is 1.64. The number of fused-ring (bicyclic) bond motifs is 1. The lowest BCUT2D eigenvalue weighted by atomic mass is 10.0. The Balaban J connectivity index is 2.16. The van der Waals surface area contributed by atoms with Gasteiger partial charge in [-0.3, -0.25) is 0 Å². The van der Waals surface area contributed by atoms with Gasteiger partial charge in [-0.1, -0.05) is 12.2 Å². The van der Waals surface area contributed by atoms with Crippen molar-refractivity contribution in [2.75, 3.05) is 6.61 Å². The van der Waals surface area contributed by atoms with Gasteiger partial charge < -0.3 is 25.0 Å². The van der Waals surface area contributed by atoms with E-state index in [1.165, 1.54) is 6.07 Å². The van der Waals surface area contributed by atoms with Crippen LogP contribution in [0.5, 0.6) is 0 Å². The third kappa shape index (κ3) is 2.56. The van der Waals surface area contributed by atoms with E-state index in [0.29, 0.717) is 22.5 Å². The van der Waals surface area contributed by atoms with Gasteiger partial charge in [-0.2, -0.15) is 0 Å². The molecule has 1 aliphatic heterocycles. The van der Waals surface area contributed by atoms with Crippen LogP contribution in [0.4, 0.5) is 4.39 Å². The zero-order valence-corrected chi connectivity index (χ0v) is 13.4. The highest BCUT2D eigenvalue weighted by Gasteiger charge is 2.43. The first-order chi connectivity index (χ1) is 10.8. The number of ether oxygens (including phenoxy) is 1. The molecule has 0 aromatic carbocycles. The Morgan fingerprint density at radius 1 is 1.35 bits per heavy atom. The highest BCUT2D eigenvalue weighted by Crippen LogP contribution is 2.35. The molecule has 4 atom stereocenters. The topological polar surface area (TPSA) is 98.6 Å². The molecule has 3 heterocycles. The molecule has 0 spiro atoms. The molecule has 4 N–H and O–H groups in total. The van der Waals surface area contributed by atoms with E-state index < -0.39 is 36.8 Å². The maximum atomic E-state index is 14.5. The Hall–Kier alpha value is -1.45. The van der Waals surface area contributed by atoms with Crippen LogP contribution in [0.3, 0.4) is 0 Å². The second kappa shape index (κ2) is 5.88. The van der Waals surface area contributed by atoms with Crippen LogP contribution < -0.4 is 0 Å². The van der Waals surface area contributed by atoms with Crippen molar-refractivity contribution in [3.8, 4) is 0 Å². The van der Waals surface area contributed by atoms with Gasteiger partial charge in [0.25, 0.3) is 0 Å². The number of hydrogen-bond donors (Lipinski definition) is 4. The lowest BCUT2D eigenvalue weighted by Crippen LogP contribution is -2.32. The van der Waals surface area contributed by atoms with Crippen LogP contribution in [0.25, 0.3) is 11.0 Å². The molecule has 23 heavy (non-hydrogen) atoms. The van der Waals surface area contributed by atoms with Gasteiger partial charge in [0.15, 0.2) is 0 Å². The molecule has 2 aromatic heterocycles. The zero-order valence-electron chi connectivity index (χ0n) is 12.6. The van der Waals surface area contributed by atoms with Crippen LogP contribution in [-0.2, 0) is 4.74 Å². The van der Waals surface area contributed by atoms with Crippen molar-refractivity contribution in [3.63, 3.8) is 0 Å². The first-order valence-electron chi connectivity index (χ1n) is 7.17. The molecule has 4 unspecified atom stereocenters. The number of nitrogens with zero attached hydrogens (tertiary/aromatic N) is 1. The predicted molar refractivity (Wildman–Crippen MR) is 83.1 cm³/mol. The molecular weight excluding hydrogens is 323 g/mol. The van der Waals surface area contributed by atoms with E-state index in [-0.39, 0.29) is 10.0 Å². The minimum absolute atomic E-state index is 0.231. The largest absolute Gasteiger partial charge is 0.394 e. The van der Waals surface area contributed by atoms with E-state index in [4.69, 9.17) is 17.0 Å². The minimum Gasteiger partial charge on any atom is -0.394 e. The van der Waals surface area contributed by atoms with Gasteiger partial charge in [0.1, 0.15) is 40.5 Å². The standard InChI is InChI=1S/C15H17FN2O4S/c1-5-6(2)17-14-7(10(5)16)3-8(15(23)18-14)13-12(21)11(20)9(4-19)22-13/h3,9,11-13,19-21H,4H2,1-2H3,(H,17,18,23). The van der Waals surface area contributed by atoms with Crippen LogP contribution in [0, 0.1) is 24.3 Å². The molecule has 8 heteroatoms. The van der Waals surface area contributed by atoms with Gasteiger partial charge in [0.05, 0.1) is 12.0 Å². The van der Waals surface area contributed by atoms with E-state index in [9.17, 15) is 19.7 Å². The number of aromatic nitrogens is 2. The van der Waals surface area contributed by atoms with Crippen molar-refractivity contribution < 1.29 is 24.4 Å². The van der Waals surface area contributed by atoms with Crippen LogP contribution in [-0.4, -0.2) is 50.2 Å². The van der Waals surface area contributed by atoms with E-state index >= 15 is 0 Å². The van der Waals surface area contributed by atoms with Crippen LogP contribution in [0.2, 0.25) is 0 Å². The number of halogens is 1. The van der Waals surface area contributed by atoms with E-state index in [2.05, 4.69) is 9.97 Å². The molecule has 0 saturated carbocycles. The van der Waals surface area contributed by atoms with E-state index in [1.54, 1.807) is 13.8 Å². The average molecular weight is 340 g/mol. The molecule has 124 valence electrons. The minimum atomic E-state index is -1.26. The predicted octanol–water partition coefficient (Wildman–Crippen LogP) is 1.20. The second-order valence-corrected chi connectivity index (χ2v) is 6.12. The number of aliphatic hydroxyl groups is 3. The molecule has 2 aromatic rings. The maximum absolute atomic E-state index is 14.5. The average Bonchev–Trinajstić information content (AvgIpc) is 2.80. The molecule has 3 rings (SSSR count). The summed E-state index contributed by atoms with van der Waals surface area (Å²) in [5, 5.41) is 29.4. The highest BCUT2D eigenvalue weighted by molar-refractivity contribution is 7.71. The molecule has 1 saturated heterocycles. The van der Waals surface area contributed by atoms with Gasteiger partial charge in [0.2, 0.25) is 0 Å². The Morgan fingerprint density at radius 2 is 2.04 bits per heavy atom. The van der Waals surface area contributed by atoms with Gasteiger partial charge in [-0.15, -0.1) is 0 Å². The van der Waals surface area contributed by atoms with Crippen molar-refractivity contribution in [1.29, 1.82) is 0 Å². The molecular formula is C15H17FN2O4S. The third-order valence-corrected chi connectivity index (χ3v) is 4.62. The van der Waals surface area contributed by atoms with Gasteiger partial charge in [-0.05, 0) is 19.9 Å². The number of hydrogen-bond acceptors (Lipinski definition) is 6. The van der Waals surface area contributed by atoms with Crippen molar-refractivity contribution in [3.05, 3.63) is 33.3 Å². The quantitative estimate of drug-likeness (QED) is 0.613. The van der Waals surface area contributed by atoms with Gasteiger partial charge >= 0.3 is 0 Å². The maximum Gasteiger partial charge on any atom is 0.141 e. The van der Waals surface area contributed by atoms with Crippen molar-refractivity contribution in [2.24, 2.45) is 0 Å². The summed E-state index contributed by atoms with van der Waals surface area (Å²) >= 11 is 5.25. The Kier molecular flexibility index (Phi) is 4.19. The summed E-state index contributed by atoms with van der Waals surface area (Å²) in [6, 6.07) is 1.48. The highest BCUT2D eigenvalue weighted by atomic mass is 32.1. The second-order valence-electron chi connectivity index (χ2n) is 5.71. The first kappa shape index (κ1) is 16.4. The summed E-state index contributed by atoms with van der Waals surface area (Å²) < 4.78 is 20.2. The molecule has 0 aliphatic carbocycles. The number of H-pyrrole nitrogens is 1. The van der Waals surface area contributed by atoms with Crippen molar-refractivity contribution >= 4 is 23.3 Å². The van der Waals surface area contributed by atoms with Crippen molar-refractivity contribution in [2.45, 2.75) is 38.3 Å².